The summed E-state index contributed by atoms with van der Waals surface area (Å²) in [5.74, 6) is 1.21. The fraction of sp³-hybridized carbons (Fsp3) is 0.200. The van der Waals surface area contributed by atoms with Crippen molar-refractivity contribution >= 4 is 39.8 Å². The lowest BCUT2D eigenvalue weighted by Crippen LogP contribution is -2.16. The van der Waals surface area contributed by atoms with E-state index in [0.717, 1.165) is 5.56 Å². The molecule has 3 aromatic rings. The molecule has 0 aliphatic heterocycles. The molecule has 0 spiro atoms. The van der Waals surface area contributed by atoms with Crippen LogP contribution >= 0.6 is 23.1 Å². The van der Waals surface area contributed by atoms with Gasteiger partial charge in [0.25, 0.3) is 5.56 Å². The molecule has 0 saturated carbocycles. The highest BCUT2D eigenvalue weighted by atomic mass is 32.2. The number of carbonyl (C=O) groups excluding carboxylic acids is 1. The first-order valence-electron chi connectivity index (χ1n) is 6.88. The van der Waals surface area contributed by atoms with Crippen LogP contribution in [0.3, 0.4) is 0 Å². The summed E-state index contributed by atoms with van der Waals surface area (Å²) < 4.78 is 1.51. The van der Waals surface area contributed by atoms with Gasteiger partial charge < -0.3 is 5.32 Å². The van der Waals surface area contributed by atoms with Gasteiger partial charge in [0.05, 0.1) is 11.4 Å². The van der Waals surface area contributed by atoms with Gasteiger partial charge in [-0.2, -0.15) is 0 Å². The molecule has 0 saturated heterocycles. The number of aromatic nitrogens is 3. The Morgan fingerprint density at radius 3 is 3.09 bits per heavy atom. The Hall–Kier alpha value is -2.19. The zero-order chi connectivity index (χ0) is 16.2. The van der Waals surface area contributed by atoms with Crippen LogP contribution in [0, 0.1) is 6.92 Å². The number of pyridine rings is 1. The summed E-state index contributed by atoms with van der Waals surface area (Å²) in [6.45, 7) is 1.94. The molecule has 0 radical (unpaired) electrons. The smallest absolute Gasteiger partial charge is 0.258 e. The molecule has 0 unspecified atom stereocenters. The Bertz CT molecular complexity index is 886. The van der Waals surface area contributed by atoms with Crippen molar-refractivity contribution in [2.45, 2.75) is 12.7 Å². The summed E-state index contributed by atoms with van der Waals surface area (Å²) >= 11 is 2.82. The molecule has 1 amide bonds. The molecular weight excluding hydrogens is 332 g/mol. The van der Waals surface area contributed by atoms with E-state index in [2.05, 4.69) is 15.3 Å². The minimum absolute atomic E-state index is 0.0971. The van der Waals surface area contributed by atoms with E-state index < -0.39 is 0 Å². The van der Waals surface area contributed by atoms with E-state index >= 15 is 0 Å². The first kappa shape index (κ1) is 15.7. The minimum Gasteiger partial charge on any atom is -0.310 e. The number of thiazole rings is 1. The van der Waals surface area contributed by atoms with Gasteiger partial charge in [0, 0.05) is 29.6 Å². The van der Waals surface area contributed by atoms with Gasteiger partial charge in [-0.15, -0.1) is 23.1 Å². The van der Waals surface area contributed by atoms with E-state index in [4.69, 9.17) is 0 Å². The highest BCUT2D eigenvalue weighted by Gasteiger charge is 2.06. The van der Waals surface area contributed by atoms with Crippen molar-refractivity contribution in [3.8, 4) is 0 Å². The Morgan fingerprint density at radius 1 is 1.43 bits per heavy atom. The zero-order valence-electron chi connectivity index (χ0n) is 12.4. The number of amides is 1. The van der Waals surface area contributed by atoms with E-state index in [-0.39, 0.29) is 17.2 Å². The number of rotatable bonds is 5. The lowest BCUT2D eigenvalue weighted by atomic mass is 10.3. The third-order valence-corrected chi connectivity index (χ3v) is 4.74. The molecule has 0 bridgehead atoms. The van der Waals surface area contributed by atoms with Crippen LogP contribution in [0.25, 0.3) is 4.96 Å². The predicted octanol–water partition coefficient (Wildman–Crippen LogP) is 2.33. The standard InChI is InChI=1S/C15H14N4O2S2/c1-10-2-3-12(16-7-10)18-13(20)9-22-8-11-6-14(21)19-4-5-23-15(19)17-11/h2-7H,8-9H2,1H3,(H,16,18,20). The van der Waals surface area contributed by atoms with Gasteiger partial charge in [0.2, 0.25) is 5.91 Å². The molecule has 6 nitrogen and oxygen atoms in total. The molecule has 118 valence electrons. The number of thioether (sulfide) groups is 1. The van der Waals surface area contributed by atoms with Crippen LogP contribution in [0.1, 0.15) is 11.3 Å². The van der Waals surface area contributed by atoms with E-state index in [1.165, 1.54) is 33.6 Å². The molecule has 3 rings (SSSR count). The second kappa shape index (κ2) is 6.93. The van der Waals surface area contributed by atoms with Crippen molar-refractivity contribution in [1.29, 1.82) is 0 Å². The Labute approximate surface area is 140 Å². The van der Waals surface area contributed by atoms with Crippen LogP contribution in [0.15, 0.2) is 40.8 Å². The second-order valence-corrected chi connectivity index (χ2v) is 6.76. The maximum Gasteiger partial charge on any atom is 0.258 e. The Kier molecular flexibility index (Phi) is 4.73. The highest BCUT2D eigenvalue weighted by molar-refractivity contribution is 7.99. The number of nitrogens with one attached hydrogen (secondary N) is 1. The predicted molar refractivity (Wildman–Crippen MR) is 93.1 cm³/mol. The summed E-state index contributed by atoms with van der Waals surface area (Å²) in [6, 6.07) is 5.17. The van der Waals surface area contributed by atoms with Crippen LogP contribution in [-0.4, -0.2) is 26.0 Å². The third-order valence-electron chi connectivity index (χ3n) is 3.02. The van der Waals surface area contributed by atoms with Crippen LogP contribution in [0.5, 0.6) is 0 Å². The topological polar surface area (TPSA) is 76.4 Å². The average molecular weight is 346 g/mol. The average Bonchev–Trinajstić information content (AvgIpc) is 2.99. The number of anilines is 1. The van der Waals surface area contributed by atoms with Crippen LogP contribution in [0.4, 0.5) is 5.82 Å². The zero-order valence-corrected chi connectivity index (χ0v) is 14.0. The third kappa shape index (κ3) is 3.96. The number of hydrogen-bond acceptors (Lipinski definition) is 6. The van der Waals surface area contributed by atoms with Crippen molar-refractivity contribution in [3.05, 3.63) is 57.6 Å². The first-order valence-corrected chi connectivity index (χ1v) is 8.91. The molecule has 0 fully saturated rings. The number of aryl methyl sites for hydroxylation is 1. The molecule has 1 N–H and O–H groups in total. The quantitative estimate of drug-likeness (QED) is 0.767. The normalized spacial score (nSPS) is 10.8. The SMILES string of the molecule is Cc1ccc(NC(=O)CSCc2cc(=O)n3ccsc3n2)nc1. The Balaban J connectivity index is 1.54. The number of hydrogen-bond donors (Lipinski definition) is 1. The largest absolute Gasteiger partial charge is 0.310 e. The number of fused-ring (bicyclic) bond motifs is 1. The lowest BCUT2D eigenvalue weighted by molar-refractivity contribution is -0.113. The highest BCUT2D eigenvalue weighted by Crippen LogP contribution is 2.13. The molecule has 0 aliphatic rings. The van der Waals surface area contributed by atoms with Crippen molar-refractivity contribution in [3.63, 3.8) is 0 Å². The summed E-state index contributed by atoms with van der Waals surface area (Å²) in [5, 5.41) is 4.56. The van der Waals surface area contributed by atoms with Crippen molar-refractivity contribution in [1.82, 2.24) is 14.4 Å². The lowest BCUT2D eigenvalue weighted by Gasteiger charge is -2.04. The fourth-order valence-corrected chi connectivity index (χ4v) is 3.39. The molecule has 23 heavy (non-hydrogen) atoms. The van der Waals surface area contributed by atoms with E-state index in [1.807, 2.05) is 18.4 Å². The molecule has 0 atom stereocenters. The molecule has 8 heteroatoms. The van der Waals surface area contributed by atoms with Crippen LogP contribution < -0.4 is 10.9 Å². The van der Waals surface area contributed by atoms with Crippen LogP contribution in [-0.2, 0) is 10.5 Å². The van der Waals surface area contributed by atoms with Crippen LogP contribution in [0.2, 0.25) is 0 Å². The van der Waals surface area contributed by atoms with Gasteiger partial charge in [-0.3, -0.25) is 14.0 Å². The molecule has 3 heterocycles. The fourth-order valence-electron chi connectivity index (χ4n) is 1.93. The number of nitrogens with zero attached hydrogens (tertiary/aromatic N) is 3. The van der Waals surface area contributed by atoms with Gasteiger partial charge in [-0.05, 0) is 18.6 Å². The van der Waals surface area contributed by atoms with Gasteiger partial charge in [0.1, 0.15) is 5.82 Å². The first-order chi connectivity index (χ1) is 11.1. The van der Waals surface area contributed by atoms with E-state index in [0.29, 0.717) is 22.2 Å². The molecule has 0 aromatic carbocycles. The maximum atomic E-state index is 11.9. The minimum atomic E-state index is -0.125. The molecule has 0 aliphatic carbocycles. The molecule has 3 aromatic heterocycles. The molecular formula is C15H14N4O2S2. The van der Waals surface area contributed by atoms with Gasteiger partial charge >= 0.3 is 0 Å². The second-order valence-electron chi connectivity index (χ2n) is 4.90. The Morgan fingerprint density at radius 2 is 2.30 bits per heavy atom. The van der Waals surface area contributed by atoms with Crippen molar-refractivity contribution in [2.75, 3.05) is 11.1 Å². The van der Waals surface area contributed by atoms with Crippen molar-refractivity contribution in [2.24, 2.45) is 0 Å². The van der Waals surface area contributed by atoms with Gasteiger partial charge in [-0.25, -0.2) is 9.97 Å². The number of carbonyl (C=O) groups is 1. The summed E-state index contributed by atoms with van der Waals surface area (Å²) in [6.07, 6.45) is 3.41. The maximum absolute atomic E-state index is 11.9. The van der Waals surface area contributed by atoms with E-state index in [9.17, 15) is 9.59 Å². The summed E-state index contributed by atoms with van der Waals surface area (Å²) in [7, 11) is 0. The van der Waals surface area contributed by atoms with E-state index in [1.54, 1.807) is 18.5 Å². The van der Waals surface area contributed by atoms with Gasteiger partial charge in [0.15, 0.2) is 4.96 Å². The van der Waals surface area contributed by atoms with Crippen molar-refractivity contribution < 1.29 is 4.79 Å². The van der Waals surface area contributed by atoms with Gasteiger partial charge in [-0.1, -0.05) is 6.07 Å². The summed E-state index contributed by atoms with van der Waals surface area (Å²) in [4.78, 5) is 32.9. The monoisotopic (exact) mass is 346 g/mol. The summed E-state index contributed by atoms with van der Waals surface area (Å²) in [5.41, 5.74) is 1.63.